The molecule has 0 fully saturated rings. The molecule has 0 saturated carbocycles. The van der Waals surface area contributed by atoms with Crippen LogP contribution in [-0.4, -0.2) is 64.2 Å². The van der Waals surface area contributed by atoms with Crippen LogP contribution < -0.4 is 14.9 Å². The predicted molar refractivity (Wildman–Crippen MR) is 75.5 cm³/mol. The van der Waals surface area contributed by atoms with Crippen LogP contribution in [0.15, 0.2) is 12.3 Å². The van der Waals surface area contributed by atoms with Crippen molar-refractivity contribution in [3.05, 3.63) is 12.3 Å². The van der Waals surface area contributed by atoms with Crippen molar-refractivity contribution in [3.8, 4) is 0 Å². The largest absolute Gasteiger partial charge is 0.376 e. The molecule has 0 spiro atoms. The minimum Gasteiger partial charge on any atom is -0.376 e. The van der Waals surface area contributed by atoms with Crippen molar-refractivity contribution in [2.75, 3.05) is 51.5 Å². The van der Waals surface area contributed by atoms with Crippen LogP contribution in [0.25, 0.3) is 0 Å². The van der Waals surface area contributed by atoms with Gasteiger partial charge in [-0.2, -0.15) is 17.8 Å². The van der Waals surface area contributed by atoms with Crippen molar-refractivity contribution < 1.29 is 8.42 Å². The second-order valence-corrected chi connectivity index (χ2v) is 6.27. The SMILES string of the molecule is CN(C)c1cnnc(NCCNS(=O)(=O)N(C)C)c1. The van der Waals surface area contributed by atoms with Crippen molar-refractivity contribution in [1.82, 2.24) is 19.2 Å². The maximum atomic E-state index is 11.4. The molecular weight excluding hydrogens is 268 g/mol. The van der Waals surface area contributed by atoms with Gasteiger partial charge in [0.2, 0.25) is 0 Å². The zero-order valence-corrected chi connectivity index (χ0v) is 12.4. The molecule has 1 rings (SSSR count). The number of aromatic nitrogens is 2. The molecule has 0 aliphatic rings. The van der Waals surface area contributed by atoms with Gasteiger partial charge in [0.1, 0.15) is 0 Å². The smallest absolute Gasteiger partial charge is 0.278 e. The minimum absolute atomic E-state index is 0.272. The average molecular weight is 288 g/mol. The first kappa shape index (κ1) is 15.6. The van der Waals surface area contributed by atoms with Crippen molar-refractivity contribution in [2.24, 2.45) is 0 Å². The standard InChI is InChI=1S/C10H20N6O2S/c1-15(2)9-7-10(14-12-8-9)11-5-6-13-19(17,18)16(3)4/h7-8,13H,5-6H2,1-4H3,(H,11,14). The van der Waals surface area contributed by atoms with Gasteiger partial charge in [0.05, 0.1) is 11.9 Å². The Morgan fingerprint density at radius 3 is 2.47 bits per heavy atom. The zero-order chi connectivity index (χ0) is 14.5. The third-order valence-electron chi connectivity index (χ3n) is 2.35. The van der Waals surface area contributed by atoms with Crippen molar-refractivity contribution in [2.45, 2.75) is 0 Å². The summed E-state index contributed by atoms with van der Waals surface area (Å²) in [5, 5.41) is 10.8. The third-order valence-corrected chi connectivity index (χ3v) is 3.88. The fourth-order valence-corrected chi connectivity index (χ4v) is 1.81. The summed E-state index contributed by atoms with van der Waals surface area (Å²) in [6, 6.07) is 1.84. The Labute approximate surface area is 114 Å². The topological polar surface area (TPSA) is 90.5 Å². The lowest BCUT2D eigenvalue weighted by Crippen LogP contribution is -2.38. The van der Waals surface area contributed by atoms with Gasteiger partial charge in [0.25, 0.3) is 10.2 Å². The fraction of sp³-hybridized carbons (Fsp3) is 0.600. The zero-order valence-electron chi connectivity index (χ0n) is 11.6. The van der Waals surface area contributed by atoms with Crippen molar-refractivity contribution in [3.63, 3.8) is 0 Å². The van der Waals surface area contributed by atoms with Crippen LogP contribution in [-0.2, 0) is 10.2 Å². The van der Waals surface area contributed by atoms with Crippen LogP contribution >= 0.6 is 0 Å². The van der Waals surface area contributed by atoms with Crippen LogP contribution in [0.1, 0.15) is 0 Å². The number of rotatable bonds is 7. The highest BCUT2D eigenvalue weighted by Crippen LogP contribution is 2.12. The lowest BCUT2D eigenvalue weighted by molar-refractivity contribution is 0.507. The molecule has 0 amide bonds. The van der Waals surface area contributed by atoms with E-state index in [-0.39, 0.29) is 6.54 Å². The van der Waals surface area contributed by atoms with Gasteiger partial charge >= 0.3 is 0 Å². The molecule has 19 heavy (non-hydrogen) atoms. The molecule has 1 aromatic heterocycles. The Morgan fingerprint density at radius 2 is 1.89 bits per heavy atom. The molecule has 0 atom stereocenters. The molecule has 8 nitrogen and oxygen atoms in total. The van der Waals surface area contributed by atoms with E-state index in [9.17, 15) is 8.42 Å². The second kappa shape index (κ2) is 6.64. The van der Waals surface area contributed by atoms with Crippen LogP contribution in [0.4, 0.5) is 11.5 Å². The first-order valence-electron chi connectivity index (χ1n) is 5.74. The summed E-state index contributed by atoms with van der Waals surface area (Å²) in [5.41, 5.74) is 0.923. The maximum absolute atomic E-state index is 11.4. The van der Waals surface area contributed by atoms with E-state index in [1.807, 2.05) is 25.1 Å². The summed E-state index contributed by atoms with van der Waals surface area (Å²) in [6.07, 6.45) is 1.65. The normalized spacial score (nSPS) is 11.6. The molecule has 0 saturated heterocycles. The van der Waals surface area contributed by atoms with E-state index in [1.54, 1.807) is 6.20 Å². The predicted octanol–water partition coefficient (Wildman–Crippen LogP) is -0.649. The van der Waals surface area contributed by atoms with E-state index < -0.39 is 10.2 Å². The summed E-state index contributed by atoms with van der Waals surface area (Å²) in [7, 11) is 3.39. The van der Waals surface area contributed by atoms with Gasteiger partial charge in [-0.1, -0.05) is 0 Å². The number of anilines is 2. The summed E-state index contributed by atoms with van der Waals surface area (Å²) in [5.74, 6) is 0.607. The summed E-state index contributed by atoms with van der Waals surface area (Å²) in [4.78, 5) is 1.91. The molecule has 0 aliphatic heterocycles. The molecule has 1 aromatic rings. The number of nitrogens with one attached hydrogen (secondary N) is 2. The second-order valence-electron chi connectivity index (χ2n) is 4.30. The van der Waals surface area contributed by atoms with E-state index in [2.05, 4.69) is 20.2 Å². The molecule has 0 aliphatic carbocycles. The summed E-state index contributed by atoms with van der Waals surface area (Å²) < 4.78 is 26.4. The van der Waals surface area contributed by atoms with E-state index in [1.165, 1.54) is 14.1 Å². The molecule has 0 bridgehead atoms. The van der Waals surface area contributed by atoms with Crippen LogP contribution in [0, 0.1) is 0 Å². The van der Waals surface area contributed by atoms with E-state index in [4.69, 9.17) is 0 Å². The number of hydrogen-bond donors (Lipinski definition) is 2. The fourth-order valence-electron chi connectivity index (χ4n) is 1.19. The highest BCUT2D eigenvalue weighted by Gasteiger charge is 2.11. The van der Waals surface area contributed by atoms with Gasteiger partial charge in [-0.25, -0.2) is 4.72 Å². The Bertz CT molecular complexity index is 502. The summed E-state index contributed by atoms with van der Waals surface area (Å²) >= 11 is 0. The third kappa shape index (κ3) is 4.97. The van der Waals surface area contributed by atoms with E-state index in [0.717, 1.165) is 9.99 Å². The average Bonchev–Trinajstić information content (AvgIpc) is 2.35. The minimum atomic E-state index is -3.38. The molecular formula is C10H20N6O2S. The van der Waals surface area contributed by atoms with Crippen LogP contribution in [0.2, 0.25) is 0 Å². The van der Waals surface area contributed by atoms with Crippen LogP contribution in [0.3, 0.4) is 0 Å². The van der Waals surface area contributed by atoms with Gasteiger partial charge in [-0.3, -0.25) is 0 Å². The molecule has 9 heteroatoms. The molecule has 2 N–H and O–H groups in total. The van der Waals surface area contributed by atoms with E-state index >= 15 is 0 Å². The summed E-state index contributed by atoms with van der Waals surface area (Å²) in [6.45, 7) is 0.701. The van der Waals surface area contributed by atoms with Crippen molar-refractivity contribution >= 4 is 21.7 Å². The van der Waals surface area contributed by atoms with Gasteiger partial charge < -0.3 is 10.2 Å². The Hall–Kier alpha value is -1.45. The first-order valence-corrected chi connectivity index (χ1v) is 7.18. The Morgan fingerprint density at radius 1 is 1.21 bits per heavy atom. The van der Waals surface area contributed by atoms with Crippen molar-refractivity contribution in [1.29, 1.82) is 0 Å². The molecule has 0 unspecified atom stereocenters. The first-order chi connectivity index (χ1) is 8.83. The monoisotopic (exact) mass is 288 g/mol. The molecule has 0 radical (unpaired) electrons. The van der Waals surface area contributed by atoms with Gasteiger partial charge in [0, 0.05) is 47.3 Å². The number of hydrogen-bond acceptors (Lipinski definition) is 6. The maximum Gasteiger partial charge on any atom is 0.278 e. The Balaban J connectivity index is 2.44. The van der Waals surface area contributed by atoms with Crippen LogP contribution in [0.5, 0.6) is 0 Å². The van der Waals surface area contributed by atoms with Gasteiger partial charge in [-0.15, -0.1) is 5.10 Å². The molecule has 0 aromatic carbocycles. The highest BCUT2D eigenvalue weighted by atomic mass is 32.2. The van der Waals surface area contributed by atoms with Gasteiger partial charge in [0.15, 0.2) is 5.82 Å². The van der Waals surface area contributed by atoms with E-state index in [0.29, 0.717) is 12.4 Å². The lowest BCUT2D eigenvalue weighted by atomic mass is 10.4. The quantitative estimate of drug-likeness (QED) is 0.648. The molecule has 108 valence electrons. The number of nitrogens with zero attached hydrogens (tertiary/aromatic N) is 4. The van der Waals surface area contributed by atoms with Gasteiger partial charge in [-0.05, 0) is 0 Å². The molecule has 1 heterocycles. The Kier molecular flexibility index (Phi) is 5.45. The lowest BCUT2D eigenvalue weighted by Gasteiger charge is -2.14. The highest BCUT2D eigenvalue weighted by molar-refractivity contribution is 7.87.